The van der Waals surface area contributed by atoms with E-state index in [-0.39, 0.29) is 0 Å². The third-order valence-electron chi connectivity index (χ3n) is 4.32. The van der Waals surface area contributed by atoms with Crippen LogP contribution in [0, 0.1) is 11.8 Å². The number of rotatable bonds is 5. The summed E-state index contributed by atoms with van der Waals surface area (Å²) in [7, 11) is 0. The normalized spacial score (nSPS) is 23.8. The van der Waals surface area contributed by atoms with Crippen LogP contribution in [-0.2, 0) is 11.2 Å². The van der Waals surface area contributed by atoms with Gasteiger partial charge >= 0.3 is 0 Å². The Kier molecular flexibility index (Phi) is 4.98. The molecule has 2 rings (SSSR count). The highest BCUT2D eigenvalue weighted by molar-refractivity contribution is 5.81. The molecule has 0 aliphatic heterocycles. The van der Waals surface area contributed by atoms with Gasteiger partial charge < -0.3 is 0 Å². The predicted octanol–water partition coefficient (Wildman–Crippen LogP) is 4.40. The average molecular weight is 244 g/mol. The zero-order valence-corrected chi connectivity index (χ0v) is 11.4. The maximum atomic E-state index is 12.2. The van der Waals surface area contributed by atoms with Gasteiger partial charge in [0, 0.05) is 12.3 Å². The summed E-state index contributed by atoms with van der Waals surface area (Å²) >= 11 is 0. The van der Waals surface area contributed by atoms with Crippen molar-refractivity contribution in [3.8, 4) is 0 Å². The molecule has 1 aromatic carbocycles. The second-order valence-electron chi connectivity index (χ2n) is 5.59. The van der Waals surface area contributed by atoms with Gasteiger partial charge in [-0.05, 0) is 30.7 Å². The van der Waals surface area contributed by atoms with E-state index in [0.717, 1.165) is 31.6 Å². The summed E-state index contributed by atoms with van der Waals surface area (Å²) in [6, 6.07) is 10.4. The van der Waals surface area contributed by atoms with E-state index in [0.29, 0.717) is 11.7 Å². The van der Waals surface area contributed by atoms with E-state index in [1.807, 2.05) is 18.2 Å². The smallest absolute Gasteiger partial charge is 0.136 e. The number of hydrogen-bond donors (Lipinski definition) is 0. The molecule has 18 heavy (non-hydrogen) atoms. The summed E-state index contributed by atoms with van der Waals surface area (Å²) in [5, 5.41) is 0. The first-order chi connectivity index (χ1) is 8.79. The SMILES string of the molecule is CCC1CCCC(C(=O)CCc2ccccc2)C1. The van der Waals surface area contributed by atoms with Gasteiger partial charge in [-0.1, -0.05) is 56.5 Å². The molecule has 1 aliphatic rings. The van der Waals surface area contributed by atoms with Crippen molar-refractivity contribution in [2.24, 2.45) is 11.8 Å². The number of aryl methyl sites for hydroxylation is 1. The first-order valence-corrected chi connectivity index (χ1v) is 7.36. The lowest BCUT2D eigenvalue weighted by Gasteiger charge is -2.27. The maximum Gasteiger partial charge on any atom is 0.136 e. The monoisotopic (exact) mass is 244 g/mol. The molecule has 1 aliphatic carbocycles. The van der Waals surface area contributed by atoms with Crippen molar-refractivity contribution in [3.05, 3.63) is 35.9 Å². The number of hydrogen-bond acceptors (Lipinski definition) is 1. The second kappa shape index (κ2) is 6.72. The Morgan fingerprint density at radius 3 is 2.72 bits per heavy atom. The van der Waals surface area contributed by atoms with Gasteiger partial charge in [-0.3, -0.25) is 4.79 Å². The van der Waals surface area contributed by atoms with Crippen molar-refractivity contribution in [2.45, 2.75) is 51.9 Å². The summed E-state index contributed by atoms with van der Waals surface area (Å²) in [6.45, 7) is 2.25. The van der Waals surface area contributed by atoms with Crippen LogP contribution in [0.1, 0.15) is 51.0 Å². The fourth-order valence-electron chi connectivity index (χ4n) is 3.07. The number of ketones is 1. The summed E-state index contributed by atoms with van der Waals surface area (Å²) in [6.07, 6.45) is 7.73. The third kappa shape index (κ3) is 3.69. The molecule has 1 aromatic rings. The molecule has 0 radical (unpaired) electrons. The van der Waals surface area contributed by atoms with Crippen LogP contribution >= 0.6 is 0 Å². The van der Waals surface area contributed by atoms with Crippen molar-refractivity contribution >= 4 is 5.78 Å². The summed E-state index contributed by atoms with van der Waals surface area (Å²) in [4.78, 5) is 12.2. The van der Waals surface area contributed by atoms with Gasteiger partial charge in [-0.15, -0.1) is 0 Å². The summed E-state index contributed by atoms with van der Waals surface area (Å²) < 4.78 is 0. The van der Waals surface area contributed by atoms with Crippen LogP contribution in [0.15, 0.2) is 30.3 Å². The van der Waals surface area contributed by atoms with Crippen molar-refractivity contribution in [1.29, 1.82) is 0 Å². The Morgan fingerprint density at radius 2 is 2.00 bits per heavy atom. The van der Waals surface area contributed by atoms with Gasteiger partial charge in [-0.2, -0.15) is 0 Å². The first-order valence-electron chi connectivity index (χ1n) is 7.36. The molecule has 1 fully saturated rings. The maximum absolute atomic E-state index is 12.2. The zero-order valence-electron chi connectivity index (χ0n) is 11.4. The molecular formula is C17H24O. The van der Waals surface area contributed by atoms with E-state index < -0.39 is 0 Å². The molecule has 2 unspecified atom stereocenters. The Labute approximate surface area is 111 Å². The van der Waals surface area contributed by atoms with Gasteiger partial charge in [0.05, 0.1) is 0 Å². The molecule has 98 valence electrons. The quantitative estimate of drug-likeness (QED) is 0.750. The second-order valence-corrected chi connectivity index (χ2v) is 5.59. The minimum absolute atomic E-state index is 0.354. The highest BCUT2D eigenvalue weighted by Gasteiger charge is 2.25. The molecule has 0 heterocycles. The lowest BCUT2D eigenvalue weighted by Crippen LogP contribution is -2.23. The van der Waals surface area contributed by atoms with Crippen LogP contribution in [0.25, 0.3) is 0 Å². The minimum atomic E-state index is 0.354. The van der Waals surface area contributed by atoms with E-state index in [1.165, 1.54) is 24.8 Å². The largest absolute Gasteiger partial charge is 0.299 e. The van der Waals surface area contributed by atoms with Crippen molar-refractivity contribution in [1.82, 2.24) is 0 Å². The minimum Gasteiger partial charge on any atom is -0.299 e. The molecule has 0 spiro atoms. The number of carbonyl (C=O) groups excluding carboxylic acids is 1. The van der Waals surface area contributed by atoms with E-state index in [9.17, 15) is 4.79 Å². The Morgan fingerprint density at radius 1 is 1.22 bits per heavy atom. The highest BCUT2D eigenvalue weighted by Crippen LogP contribution is 2.32. The number of Topliss-reactive ketones (excluding diaryl/α,β-unsaturated/α-hetero) is 1. The van der Waals surface area contributed by atoms with Crippen molar-refractivity contribution in [2.75, 3.05) is 0 Å². The van der Waals surface area contributed by atoms with Gasteiger partial charge in [0.15, 0.2) is 0 Å². The Balaban J connectivity index is 1.81. The van der Waals surface area contributed by atoms with Crippen LogP contribution in [0.5, 0.6) is 0 Å². The van der Waals surface area contributed by atoms with Crippen LogP contribution < -0.4 is 0 Å². The fraction of sp³-hybridized carbons (Fsp3) is 0.588. The van der Waals surface area contributed by atoms with Crippen molar-refractivity contribution < 1.29 is 4.79 Å². The first kappa shape index (κ1) is 13.3. The topological polar surface area (TPSA) is 17.1 Å². The van der Waals surface area contributed by atoms with Crippen LogP contribution in [0.3, 0.4) is 0 Å². The molecule has 1 heteroatoms. The summed E-state index contributed by atoms with van der Waals surface area (Å²) in [5.74, 6) is 1.65. The molecule has 0 amide bonds. The number of carbonyl (C=O) groups is 1. The lowest BCUT2D eigenvalue weighted by molar-refractivity contribution is -0.124. The lowest BCUT2D eigenvalue weighted by atomic mass is 9.77. The molecule has 0 aromatic heterocycles. The van der Waals surface area contributed by atoms with Gasteiger partial charge in [-0.25, -0.2) is 0 Å². The molecule has 1 saturated carbocycles. The predicted molar refractivity (Wildman–Crippen MR) is 75.5 cm³/mol. The van der Waals surface area contributed by atoms with Crippen LogP contribution in [0.4, 0.5) is 0 Å². The summed E-state index contributed by atoms with van der Waals surface area (Å²) in [5.41, 5.74) is 1.29. The molecule has 0 bridgehead atoms. The highest BCUT2D eigenvalue weighted by atomic mass is 16.1. The molecule has 1 nitrogen and oxygen atoms in total. The van der Waals surface area contributed by atoms with Crippen molar-refractivity contribution in [3.63, 3.8) is 0 Å². The van der Waals surface area contributed by atoms with Gasteiger partial charge in [0.1, 0.15) is 5.78 Å². The van der Waals surface area contributed by atoms with E-state index in [2.05, 4.69) is 19.1 Å². The zero-order chi connectivity index (χ0) is 12.8. The van der Waals surface area contributed by atoms with E-state index >= 15 is 0 Å². The number of benzene rings is 1. The molecule has 0 N–H and O–H groups in total. The molecule has 0 saturated heterocycles. The Hall–Kier alpha value is -1.11. The molecular weight excluding hydrogens is 220 g/mol. The third-order valence-corrected chi connectivity index (χ3v) is 4.32. The molecule has 2 atom stereocenters. The van der Waals surface area contributed by atoms with E-state index in [1.54, 1.807) is 0 Å². The average Bonchev–Trinajstić information content (AvgIpc) is 2.46. The van der Waals surface area contributed by atoms with Gasteiger partial charge in [0.25, 0.3) is 0 Å². The standard InChI is InChI=1S/C17H24O/c1-2-14-9-6-10-16(13-14)17(18)12-11-15-7-4-3-5-8-15/h3-5,7-8,14,16H,2,6,9-13H2,1H3. The Bertz CT molecular complexity index is 368. The van der Waals surface area contributed by atoms with Crippen LogP contribution in [-0.4, -0.2) is 5.78 Å². The fourth-order valence-corrected chi connectivity index (χ4v) is 3.07. The van der Waals surface area contributed by atoms with Crippen LogP contribution in [0.2, 0.25) is 0 Å². The van der Waals surface area contributed by atoms with E-state index in [4.69, 9.17) is 0 Å². The van der Waals surface area contributed by atoms with Gasteiger partial charge in [0.2, 0.25) is 0 Å².